The first-order chi connectivity index (χ1) is 9.33. The van der Waals surface area contributed by atoms with Crippen LogP contribution in [0.4, 0.5) is 5.69 Å². The van der Waals surface area contributed by atoms with Crippen LogP contribution in [0.25, 0.3) is 0 Å². The van der Waals surface area contributed by atoms with Crippen LogP contribution < -0.4 is 10.6 Å². The molecule has 0 saturated heterocycles. The van der Waals surface area contributed by atoms with Gasteiger partial charge in [-0.05, 0) is 49.4 Å². The molecule has 102 valence electrons. The molecule has 3 rings (SSSR count). The van der Waals surface area contributed by atoms with Gasteiger partial charge in [0.1, 0.15) is 0 Å². The topological polar surface area (TPSA) is 41.1 Å². The Bertz CT molecular complexity index is 464. The summed E-state index contributed by atoms with van der Waals surface area (Å²) in [5, 5.41) is 6.56. The molecule has 2 aliphatic rings. The van der Waals surface area contributed by atoms with E-state index < -0.39 is 0 Å². The SMILES string of the molecule is O=C(NC1CCCCC1)c1ccc2c(c1)CCCN2. The third-order valence-corrected chi connectivity index (χ3v) is 4.25. The smallest absolute Gasteiger partial charge is 0.251 e. The molecule has 1 saturated carbocycles. The molecule has 1 aliphatic carbocycles. The maximum Gasteiger partial charge on any atom is 0.251 e. The van der Waals surface area contributed by atoms with Gasteiger partial charge in [0.15, 0.2) is 0 Å². The Balaban J connectivity index is 1.69. The average molecular weight is 258 g/mol. The molecule has 0 aromatic heterocycles. The highest BCUT2D eigenvalue weighted by Gasteiger charge is 2.18. The van der Waals surface area contributed by atoms with E-state index in [1.807, 2.05) is 12.1 Å². The Hall–Kier alpha value is -1.51. The van der Waals surface area contributed by atoms with Crippen molar-refractivity contribution in [3.05, 3.63) is 29.3 Å². The highest BCUT2D eigenvalue weighted by atomic mass is 16.1. The molecule has 1 fully saturated rings. The van der Waals surface area contributed by atoms with E-state index >= 15 is 0 Å². The van der Waals surface area contributed by atoms with E-state index in [0.29, 0.717) is 6.04 Å². The predicted octanol–water partition coefficient (Wildman–Crippen LogP) is 3.11. The lowest BCUT2D eigenvalue weighted by Crippen LogP contribution is -2.36. The Kier molecular flexibility index (Phi) is 3.72. The molecule has 1 aromatic rings. The molecular weight excluding hydrogens is 236 g/mol. The summed E-state index contributed by atoms with van der Waals surface area (Å²) in [6, 6.07) is 6.43. The first kappa shape index (κ1) is 12.5. The van der Waals surface area contributed by atoms with Gasteiger partial charge in [0.25, 0.3) is 5.91 Å². The number of hydrogen-bond donors (Lipinski definition) is 2. The number of benzene rings is 1. The van der Waals surface area contributed by atoms with Crippen molar-refractivity contribution in [2.75, 3.05) is 11.9 Å². The first-order valence-electron chi connectivity index (χ1n) is 7.50. The number of anilines is 1. The van der Waals surface area contributed by atoms with Gasteiger partial charge in [-0.25, -0.2) is 0 Å². The van der Waals surface area contributed by atoms with E-state index in [1.54, 1.807) is 0 Å². The Morgan fingerprint density at radius 3 is 2.84 bits per heavy atom. The third-order valence-electron chi connectivity index (χ3n) is 4.25. The van der Waals surface area contributed by atoms with Crippen molar-refractivity contribution < 1.29 is 4.79 Å². The van der Waals surface area contributed by atoms with Crippen molar-refractivity contribution in [3.8, 4) is 0 Å². The molecule has 0 atom stereocenters. The van der Waals surface area contributed by atoms with Crippen LogP contribution in [0.3, 0.4) is 0 Å². The maximum atomic E-state index is 12.3. The van der Waals surface area contributed by atoms with Gasteiger partial charge in [0.2, 0.25) is 0 Å². The quantitative estimate of drug-likeness (QED) is 0.855. The van der Waals surface area contributed by atoms with Crippen LogP contribution in [0.15, 0.2) is 18.2 Å². The van der Waals surface area contributed by atoms with Crippen LogP contribution in [0.2, 0.25) is 0 Å². The normalized spacial score (nSPS) is 19.4. The zero-order valence-electron chi connectivity index (χ0n) is 11.4. The van der Waals surface area contributed by atoms with Gasteiger partial charge >= 0.3 is 0 Å². The predicted molar refractivity (Wildman–Crippen MR) is 77.6 cm³/mol. The molecule has 2 N–H and O–H groups in total. The van der Waals surface area contributed by atoms with Crippen molar-refractivity contribution >= 4 is 11.6 Å². The zero-order chi connectivity index (χ0) is 13.1. The molecule has 0 spiro atoms. The summed E-state index contributed by atoms with van der Waals surface area (Å²) in [6.45, 7) is 1.04. The maximum absolute atomic E-state index is 12.3. The van der Waals surface area contributed by atoms with E-state index in [4.69, 9.17) is 0 Å². The summed E-state index contributed by atoms with van der Waals surface area (Å²) >= 11 is 0. The number of hydrogen-bond acceptors (Lipinski definition) is 2. The summed E-state index contributed by atoms with van der Waals surface area (Å²) in [7, 11) is 0. The highest BCUT2D eigenvalue weighted by molar-refractivity contribution is 5.95. The standard InChI is InChI=1S/C16H22N2O/c19-16(18-14-6-2-1-3-7-14)13-8-9-15-12(11-13)5-4-10-17-15/h8-9,11,14,17H,1-7,10H2,(H,18,19). The summed E-state index contributed by atoms with van der Waals surface area (Å²) in [5.74, 6) is 0.0975. The summed E-state index contributed by atoms with van der Waals surface area (Å²) in [4.78, 5) is 12.3. The first-order valence-corrected chi connectivity index (χ1v) is 7.50. The third kappa shape index (κ3) is 2.91. The van der Waals surface area contributed by atoms with Crippen molar-refractivity contribution in [1.29, 1.82) is 0 Å². The number of fused-ring (bicyclic) bond motifs is 1. The fourth-order valence-electron chi connectivity index (χ4n) is 3.13. The molecule has 1 aliphatic heterocycles. The van der Waals surface area contributed by atoms with Gasteiger partial charge in [-0.3, -0.25) is 4.79 Å². The molecule has 3 nitrogen and oxygen atoms in total. The lowest BCUT2D eigenvalue weighted by molar-refractivity contribution is 0.0927. The highest BCUT2D eigenvalue weighted by Crippen LogP contribution is 2.23. The lowest BCUT2D eigenvalue weighted by Gasteiger charge is -2.23. The van der Waals surface area contributed by atoms with Gasteiger partial charge in [0, 0.05) is 23.8 Å². The van der Waals surface area contributed by atoms with Crippen LogP contribution in [-0.2, 0) is 6.42 Å². The Morgan fingerprint density at radius 1 is 1.16 bits per heavy atom. The number of nitrogens with one attached hydrogen (secondary N) is 2. The molecule has 0 bridgehead atoms. The summed E-state index contributed by atoms with van der Waals surface area (Å²) in [5.41, 5.74) is 3.29. The fourth-order valence-corrected chi connectivity index (χ4v) is 3.13. The number of amides is 1. The minimum atomic E-state index is 0.0975. The number of aryl methyl sites for hydroxylation is 1. The fraction of sp³-hybridized carbons (Fsp3) is 0.562. The van der Waals surface area contributed by atoms with Crippen molar-refractivity contribution in [3.63, 3.8) is 0 Å². The Labute approximate surface area is 114 Å². The van der Waals surface area contributed by atoms with E-state index in [2.05, 4.69) is 16.7 Å². The van der Waals surface area contributed by atoms with Gasteiger partial charge in [0.05, 0.1) is 0 Å². The largest absolute Gasteiger partial charge is 0.385 e. The van der Waals surface area contributed by atoms with E-state index in [-0.39, 0.29) is 5.91 Å². The number of carbonyl (C=O) groups is 1. The molecule has 3 heteroatoms. The zero-order valence-corrected chi connectivity index (χ0v) is 11.4. The second-order valence-corrected chi connectivity index (χ2v) is 5.71. The average Bonchev–Trinajstić information content (AvgIpc) is 2.48. The minimum absolute atomic E-state index is 0.0975. The second kappa shape index (κ2) is 5.64. The van der Waals surface area contributed by atoms with Crippen molar-refractivity contribution in [2.45, 2.75) is 51.0 Å². The Morgan fingerprint density at radius 2 is 2.00 bits per heavy atom. The summed E-state index contributed by atoms with van der Waals surface area (Å²) < 4.78 is 0. The van der Waals surface area contributed by atoms with Crippen LogP contribution >= 0.6 is 0 Å². The molecule has 1 aromatic carbocycles. The number of rotatable bonds is 2. The summed E-state index contributed by atoms with van der Waals surface area (Å²) in [6.07, 6.45) is 8.32. The second-order valence-electron chi connectivity index (χ2n) is 5.71. The molecule has 1 heterocycles. The van der Waals surface area contributed by atoms with Gasteiger partial charge in [-0.1, -0.05) is 19.3 Å². The van der Waals surface area contributed by atoms with Crippen LogP contribution in [-0.4, -0.2) is 18.5 Å². The van der Waals surface area contributed by atoms with E-state index in [1.165, 1.54) is 30.5 Å². The molecule has 0 radical (unpaired) electrons. The minimum Gasteiger partial charge on any atom is -0.385 e. The van der Waals surface area contributed by atoms with Gasteiger partial charge in [-0.2, -0.15) is 0 Å². The van der Waals surface area contributed by atoms with Crippen LogP contribution in [0.5, 0.6) is 0 Å². The molecule has 19 heavy (non-hydrogen) atoms. The number of carbonyl (C=O) groups excluding carboxylic acids is 1. The molecule has 1 amide bonds. The molecular formula is C16H22N2O. The van der Waals surface area contributed by atoms with Crippen molar-refractivity contribution in [1.82, 2.24) is 5.32 Å². The van der Waals surface area contributed by atoms with Gasteiger partial charge in [-0.15, -0.1) is 0 Å². The van der Waals surface area contributed by atoms with E-state index in [0.717, 1.165) is 37.8 Å². The molecule has 0 unspecified atom stereocenters. The van der Waals surface area contributed by atoms with Crippen molar-refractivity contribution in [2.24, 2.45) is 0 Å². The lowest BCUT2D eigenvalue weighted by atomic mass is 9.95. The van der Waals surface area contributed by atoms with Crippen LogP contribution in [0, 0.1) is 0 Å². The monoisotopic (exact) mass is 258 g/mol. The van der Waals surface area contributed by atoms with E-state index in [9.17, 15) is 4.79 Å². The van der Waals surface area contributed by atoms with Crippen LogP contribution in [0.1, 0.15) is 54.4 Å². The van der Waals surface area contributed by atoms with Gasteiger partial charge < -0.3 is 10.6 Å².